The van der Waals surface area contributed by atoms with Gasteiger partial charge in [0.25, 0.3) is 0 Å². The van der Waals surface area contributed by atoms with Gasteiger partial charge in [0.1, 0.15) is 5.01 Å². The van der Waals surface area contributed by atoms with Gasteiger partial charge in [0, 0.05) is 43.8 Å². The van der Waals surface area contributed by atoms with E-state index in [0.29, 0.717) is 12.6 Å². The average Bonchev–Trinajstić information content (AvgIpc) is 3.08. The maximum absolute atomic E-state index is 12.5. The van der Waals surface area contributed by atoms with Gasteiger partial charge in [0.15, 0.2) is 0 Å². The van der Waals surface area contributed by atoms with Gasteiger partial charge in [-0.05, 0) is 33.7 Å². The summed E-state index contributed by atoms with van der Waals surface area (Å²) in [6, 6.07) is 0.390. The molecule has 2 aliphatic heterocycles. The van der Waals surface area contributed by atoms with E-state index in [1.807, 2.05) is 23.5 Å². The first kappa shape index (κ1) is 18.8. The van der Waals surface area contributed by atoms with Crippen LogP contribution in [0.4, 0.5) is 0 Å². The van der Waals surface area contributed by atoms with Crippen LogP contribution in [-0.2, 0) is 16.1 Å². The van der Waals surface area contributed by atoms with Crippen molar-refractivity contribution < 1.29 is 9.53 Å². The predicted molar refractivity (Wildman–Crippen MR) is 99.7 cm³/mol. The molecular formula is C18H30N4O2S. The molecule has 1 amide bonds. The summed E-state index contributed by atoms with van der Waals surface area (Å²) < 4.78 is 6.20. The van der Waals surface area contributed by atoms with Crippen molar-refractivity contribution in [1.82, 2.24) is 19.7 Å². The number of ether oxygens (including phenoxy) is 1. The van der Waals surface area contributed by atoms with E-state index < -0.39 is 0 Å². The first-order valence-electron chi connectivity index (χ1n) is 9.20. The Bertz CT molecular complexity index is 555. The van der Waals surface area contributed by atoms with E-state index in [0.717, 1.165) is 52.2 Å². The first-order valence-corrected chi connectivity index (χ1v) is 10.1. The Labute approximate surface area is 154 Å². The number of thiazole rings is 1. The minimum Gasteiger partial charge on any atom is -0.372 e. The molecule has 2 aliphatic rings. The van der Waals surface area contributed by atoms with Crippen LogP contribution in [0.2, 0.25) is 0 Å². The van der Waals surface area contributed by atoms with Crippen LogP contribution in [0.3, 0.4) is 0 Å². The minimum atomic E-state index is -0.0871. The molecule has 3 heterocycles. The third kappa shape index (κ3) is 4.78. The lowest BCUT2D eigenvalue weighted by Gasteiger charge is -2.47. The van der Waals surface area contributed by atoms with Gasteiger partial charge < -0.3 is 9.64 Å². The van der Waals surface area contributed by atoms with E-state index >= 15 is 0 Å². The molecule has 6 nitrogen and oxygen atoms in total. The van der Waals surface area contributed by atoms with Crippen LogP contribution in [0.15, 0.2) is 11.6 Å². The number of morpholine rings is 1. The monoisotopic (exact) mass is 366 g/mol. The van der Waals surface area contributed by atoms with E-state index in [4.69, 9.17) is 4.74 Å². The number of carbonyl (C=O) groups excluding carboxylic acids is 1. The summed E-state index contributed by atoms with van der Waals surface area (Å²) in [5.41, 5.74) is -0.0871. The Kier molecular flexibility index (Phi) is 6.09. The summed E-state index contributed by atoms with van der Waals surface area (Å²) >= 11 is 1.71. The molecule has 140 valence electrons. The highest BCUT2D eigenvalue weighted by Crippen LogP contribution is 2.31. The minimum absolute atomic E-state index is 0.0871. The predicted octanol–water partition coefficient (Wildman–Crippen LogP) is 1.68. The first-order chi connectivity index (χ1) is 12.0. The van der Waals surface area contributed by atoms with Crippen molar-refractivity contribution in [3.8, 4) is 0 Å². The Morgan fingerprint density at radius 3 is 2.80 bits per heavy atom. The number of hydrogen-bond acceptors (Lipinski definition) is 6. The SMILES string of the molecule is CC(C)N(C)CC(=O)N1CCC2(CC1)CN(Cc1nccs1)CCO2. The van der Waals surface area contributed by atoms with Crippen LogP contribution in [0.5, 0.6) is 0 Å². The fourth-order valence-electron chi connectivity index (χ4n) is 3.54. The Hall–Kier alpha value is -1.02. The molecule has 1 aromatic rings. The molecule has 0 saturated carbocycles. The van der Waals surface area contributed by atoms with Crippen molar-refractivity contribution in [3.05, 3.63) is 16.6 Å². The van der Waals surface area contributed by atoms with Crippen LogP contribution in [0.1, 0.15) is 31.7 Å². The Balaban J connectivity index is 1.51. The lowest BCUT2D eigenvalue weighted by atomic mass is 9.89. The normalized spacial score (nSPS) is 21.4. The number of likely N-dealkylation sites (N-methyl/N-ethyl adjacent to an activating group) is 1. The van der Waals surface area contributed by atoms with Gasteiger partial charge in [-0.25, -0.2) is 4.98 Å². The number of aromatic nitrogens is 1. The van der Waals surface area contributed by atoms with Gasteiger partial charge in [-0.1, -0.05) is 0 Å². The molecule has 0 aliphatic carbocycles. The van der Waals surface area contributed by atoms with E-state index in [1.54, 1.807) is 11.3 Å². The lowest BCUT2D eigenvalue weighted by Crippen LogP contribution is -2.58. The van der Waals surface area contributed by atoms with E-state index in [1.165, 1.54) is 5.01 Å². The Morgan fingerprint density at radius 2 is 2.16 bits per heavy atom. The maximum atomic E-state index is 12.5. The fourth-order valence-corrected chi connectivity index (χ4v) is 4.20. The summed E-state index contributed by atoms with van der Waals surface area (Å²) in [6.07, 6.45) is 3.73. The quantitative estimate of drug-likeness (QED) is 0.793. The molecule has 0 bridgehead atoms. The van der Waals surface area contributed by atoms with Gasteiger partial charge >= 0.3 is 0 Å². The molecule has 25 heavy (non-hydrogen) atoms. The van der Waals surface area contributed by atoms with Crippen LogP contribution >= 0.6 is 11.3 Å². The largest absolute Gasteiger partial charge is 0.372 e. The molecule has 0 unspecified atom stereocenters. The van der Waals surface area contributed by atoms with Crippen LogP contribution < -0.4 is 0 Å². The number of amides is 1. The van der Waals surface area contributed by atoms with Crippen LogP contribution in [0, 0.1) is 0 Å². The van der Waals surface area contributed by atoms with E-state index in [9.17, 15) is 4.79 Å². The third-order valence-corrected chi connectivity index (χ3v) is 6.23. The molecule has 7 heteroatoms. The molecule has 0 N–H and O–H groups in total. The maximum Gasteiger partial charge on any atom is 0.236 e. The lowest BCUT2D eigenvalue weighted by molar-refractivity contribution is -0.152. The number of piperidine rings is 1. The molecule has 3 rings (SSSR count). The van der Waals surface area contributed by atoms with Crippen molar-refractivity contribution in [2.75, 3.05) is 46.4 Å². The van der Waals surface area contributed by atoms with Crippen molar-refractivity contribution in [3.63, 3.8) is 0 Å². The Morgan fingerprint density at radius 1 is 1.40 bits per heavy atom. The molecule has 0 atom stereocenters. The van der Waals surface area contributed by atoms with Crippen molar-refractivity contribution in [2.24, 2.45) is 0 Å². The molecule has 1 spiro atoms. The third-order valence-electron chi connectivity index (χ3n) is 5.46. The summed E-state index contributed by atoms with van der Waals surface area (Å²) in [6.45, 7) is 9.92. The highest BCUT2D eigenvalue weighted by Gasteiger charge is 2.40. The smallest absolute Gasteiger partial charge is 0.236 e. The zero-order chi connectivity index (χ0) is 17.9. The second-order valence-corrected chi connectivity index (χ2v) is 8.54. The molecular weight excluding hydrogens is 336 g/mol. The molecule has 0 aromatic carbocycles. The molecule has 2 fully saturated rings. The summed E-state index contributed by atoms with van der Waals surface area (Å²) in [5.74, 6) is 0.238. The highest BCUT2D eigenvalue weighted by atomic mass is 32.1. The number of nitrogens with zero attached hydrogens (tertiary/aromatic N) is 4. The van der Waals surface area contributed by atoms with Crippen molar-refractivity contribution >= 4 is 17.2 Å². The number of carbonyl (C=O) groups is 1. The average molecular weight is 367 g/mol. The summed E-state index contributed by atoms with van der Waals surface area (Å²) in [4.78, 5) is 23.4. The van der Waals surface area contributed by atoms with Gasteiger partial charge in [0.05, 0.1) is 25.3 Å². The zero-order valence-electron chi connectivity index (χ0n) is 15.6. The standard InChI is InChI=1S/C18H30N4O2S/c1-15(2)20(3)13-17(23)22-7-4-18(5-8-22)14-21(9-10-24-18)12-16-19-6-11-25-16/h6,11,15H,4-5,7-10,12-14H2,1-3H3. The van der Waals surface area contributed by atoms with Crippen LogP contribution in [0.25, 0.3) is 0 Å². The second kappa shape index (κ2) is 8.12. The van der Waals surface area contributed by atoms with Gasteiger partial charge in [-0.15, -0.1) is 11.3 Å². The summed E-state index contributed by atoms with van der Waals surface area (Å²) in [5, 5.41) is 3.20. The molecule has 0 radical (unpaired) electrons. The number of hydrogen-bond donors (Lipinski definition) is 0. The van der Waals surface area contributed by atoms with Gasteiger partial charge in [-0.3, -0.25) is 14.6 Å². The molecule has 1 aromatic heterocycles. The topological polar surface area (TPSA) is 48.9 Å². The van der Waals surface area contributed by atoms with E-state index in [2.05, 4.69) is 28.6 Å². The van der Waals surface area contributed by atoms with Gasteiger partial charge in [0.2, 0.25) is 5.91 Å². The fraction of sp³-hybridized carbons (Fsp3) is 0.778. The van der Waals surface area contributed by atoms with E-state index in [-0.39, 0.29) is 11.5 Å². The van der Waals surface area contributed by atoms with Crippen LogP contribution in [-0.4, -0.2) is 83.6 Å². The highest BCUT2D eigenvalue weighted by molar-refractivity contribution is 7.09. The summed E-state index contributed by atoms with van der Waals surface area (Å²) in [7, 11) is 2.01. The van der Waals surface area contributed by atoms with Crippen molar-refractivity contribution in [1.29, 1.82) is 0 Å². The van der Waals surface area contributed by atoms with Gasteiger partial charge in [-0.2, -0.15) is 0 Å². The number of rotatable bonds is 5. The number of likely N-dealkylation sites (tertiary alicyclic amines) is 1. The zero-order valence-corrected chi connectivity index (χ0v) is 16.4. The molecule has 2 saturated heterocycles. The second-order valence-electron chi connectivity index (χ2n) is 7.56. The van der Waals surface area contributed by atoms with Crippen molar-refractivity contribution in [2.45, 2.75) is 44.9 Å².